The summed E-state index contributed by atoms with van der Waals surface area (Å²) in [6, 6.07) is 10.2. The van der Waals surface area contributed by atoms with Crippen LogP contribution in [0.15, 0.2) is 58.2 Å². The molecule has 3 heterocycles. The minimum absolute atomic E-state index is 0.0513. The fraction of sp³-hybridized carbons (Fsp3) is 0.387. The molecule has 1 N–H and O–H groups in total. The average molecular weight is 608 g/mol. The molecule has 44 heavy (non-hydrogen) atoms. The fourth-order valence-electron chi connectivity index (χ4n) is 5.13. The summed E-state index contributed by atoms with van der Waals surface area (Å²) in [6.07, 6.45) is 4.31. The molecule has 4 rings (SSSR count). The van der Waals surface area contributed by atoms with Crippen LogP contribution in [-0.2, 0) is 24.0 Å². The van der Waals surface area contributed by atoms with Gasteiger partial charge < -0.3 is 19.4 Å². The van der Waals surface area contributed by atoms with E-state index in [9.17, 15) is 27.8 Å². The highest BCUT2D eigenvalue weighted by atomic mass is 19.2. The van der Waals surface area contributed by atoms with Gasteiger partial charge in [0.15, 0.2) is 0 Å². The van der Waals surface area contributed by atoms with Crippen molar-refractivity contribution in [1.29, 1.82) is 0 Å². The van der Waals surface area contributed by atoms with Gasteiger partial charge in [-0.25, -0.2) is 4.79 Å². The highest BCUT2D eigenvalue weighted by molar-refractivity contribution is 6.42. The number of methoxy groups -OCH3 is 1. The van der Waals surface area contributed by atoms with E-state index in [4.69, 9.17) is 9.57 Å². The summed E-state index contributed by atoms with van der Waals surface area (Å²) >= 11 is 0. The molecule has 10 nitrogen and oxygen atoms in total. The van der Waals surface area contributed by atoms with Crippen LogP contribution in [0.4, 0.5) is 8.63 Å². The van der Waals surface area contributed by atoms with Gasteiger partial charge in [0, 0.05) is 49.3 Å². The van der Waals surface area contributed by atoms with Crippen molar-refractivity contribution in [3.05, 3.63) is 58.9 Å². The predicted molar refractivity (Wildman–Crippen MR) is 161 cm³/mol. The lowest BCUT2D eigenvalue weighted by Gasteiger charge is -2.12. The first-order valence-corrected chi connectivity index (χ1v) is 14.5. The van der Waals surface area contributed by atoms with Crippen molar-refractivity contribution in [2.75, 3.05) is 13.7 Å². The van der Waals surface area contributed by atoms with Gasteiger partial charge in [0.25, 0.3) is 11.8 Å². The van der Waals surface area contributed by atoms with Gasteiger partial charge in [-0.15, -0.1) is 5.06 Å². The Labute approximate surface area is 254 Å². The molecule has 3 amide bonds. The molecule has 2 aliphatic rings. The minimum atomic E-state index is -2.76. The van der Waals surface area contributed by atoms with E-state index in [-0.39, 0.29) is 31.6 Å². The zero-order valence-electron chi connectivity index (χ0n) is 25.0. The molecule has 0 aliphatic carbocycles. The van der Waals surface area contributed by atoms with Crippen LogP contribution in [-0.4, -0.2) is 60.0 Å². The Morgan fingerprint density at radius 3 is 2.36 bits per heavy atom. The van der Waals surface area contributed by atoms with Crippen LogP contribution in [0, 0.1) is 0 Å². The second kappa shape index (κ2) is 14.8. The Morgan fingerprint density at radius 2 is 1.70 bits per heavy atom. The van der Waals surface area contributed by atoms with E-state index in [1.165, 1.54) is 0 Å². The SMILES string of the molecule is COc1ccc(-c2ccc(/C=C3\N=C(C)C(CCC(=O)NCCCCCC(=O)ON4C(=O)CCC4=O)=C3C)n2B(F)F)cc1. The molecule has 1 fully saturated rings. The van der Waals surface area contributed by atoms with Gasteiger partial charge in [0.05, 0.1) is 12.8 Å². The van der Waals surface area contributed by atoms with Crippen molar-refractivity contribution >= 4 is 42.9 Å². The van der Waals surface area contributed by atoms with Crippen LogP contribution in [0.1, 0.15) is 70.9 Å². The van der Waals surface area contributed by atoms with Gasteiger partial charge >= 0.3 is 13.4 Å². The number of aromatic nitrogens is 1. The standard InChI is InChI=1S/C31H35BF2N4O6/c1-20-25(13-15-28(39)35-18-6-4-5-7-31(42)44-38-29(40)16-17-30(38)41)21(2)36-26(20)19-23-10-14-27(37(23)32(33)34)22-8-11-24(43-3)12-9-22/h8-12,14,19H,4-7,13,15-18H2,1-3H3,(H,35,39)/b26-19-. The summed E-state index contributed by atoms with van der Waals surface area (Å²) < 4.78 is 34.5. The highest BCUT2D eigenvalue weighted by Crippen LogP contribution is 2.32. The smallest absolute Gasteiger partial charge is 0.497 e. The largest absolute Gasteiger partial charge is 0.678 e. The summed E-state index contributed by atoms with van der Waals surface area (Å²) in [4.78, 5) is 56.7. The molecule has 1 aromatic carbocycles. The number of ether oxygens (including phenoxy) is 1. The molecule has 0 atom stereocenters. The Morgan fingerprint density at radius 1 is 1.00 bits per heavy atom. The van der Waals surface area contributed by atoms with Crippen LogP contribution in [0.25, 0.3) is 17.3 Å². The van der Waals surface area contributed by atoms with E-state index in [2.05, 4.69) is 10.3 Å². The minimum Gasteiger partial charge on any atom is -0.497 e. The van der Waals surface area contributed by atoms with Crippen LogP contribution >= 0.6 is 0 Å². The fourth-order valence-corrected chi connectivity index (χ4v) is 5.13. The zero-order chi connectivity index (χ0) is 31.8. The summed E-state index contributed by atoms with van der Waals surface area (Å²) in [5.41, 5.74) is 4.41. The Kier molecular flexibility index (Phi) is 10.9. The van der Waals surface area contributed by atoms with Crippen LogP contribution < -0.4 is 10.1 Å². The van der Waals surface area contributed by atoms with Gasteiger partial charge in [-0.1, -0.05) is 6.42 Å². The maximum atomic E-state index is 14.2. The van der Waals surface area contributed by atoms with E-state index in [1.807, 2.05) is 13.8 Å². The van der Waals surface area contributed by atoms with Crippen molar-refractivity contribution in [3.8, 4) is 17.0 Å². The molecule has 1 aromatic heterocycles. The molecular formula is C31H35BF2N4O6. The number of aliphatic imine (C=N–C) groups is 1. The lowest BCUT2D eigenvalue weighted by Crippen LogP contribution is -2.31. The van der Waals surface area contributed by atoms with Gasteiger partial charge in [-0.3, -0.25) is 28.0 Å². The molecule has 2 aliphatic heterocycles. The number of unbranched alkanes of at least 4 members (excludes halogenated alkanes) is 2. The number of nitrogens with one attached hydrogen (secondary N) is 1. The third kappa shape index (κ3) is 7.88. The third-order valence-corrected chi connectivity index (χ3v) is 7.56. The molecule has 2 aromatic rings. The molecule has 13 heteroatoms. The molecule has 0 spiro atoms. The van der Waals surface area contributed by atoms with Crippen molar-refractivity contribution in [2.45, 2.75) is 65.2 Å². The number of benzene rings is 1. The van der Waals surface area contributed by atoms with Crippen LogP contribution in [0.3, 0.4) is 0 Å². The topological polar surface area (TPSA) is 119 Å². The van der Waals surface area contributed by atoms with Gasteiger partial charge in [0.2, 0.25) is 5.91 Å². The molecule has 0 unspecified atom stereocenters. The van der Waals surface area contributed by atoms with E-state index >= 15 is 0 Å². The van der Waals surface area contributed by atoms with E-state index in [0.717, 1.165) is 21.3 Å². The van der Waals surface area contributed by atoms with Gasteiger partial charge in [-0.2, -0.15) is 0 Å². The number of halogens is 2. The number of imide groups is 1. The monoisotopic (exact) mass is 608 g/mol. The molecule has 0 saturated carbocycles. The molecule has 232 valence electrons. The number of hydrogen-bond donors (Lipinski definition) is 1. The molecule has 0 radical (unpaired) electrons. The first-order chi connectivity index (χ1) is 21.1. The summed E-state index contributed by atoms with van der Waals surface area (Å²) in [5, 5.41) is 3.40. The molecule has 0 bridgehead atoms. The highest BCUT2D eigenvalue weighted by Gasteiger charge is 2.32. The second-order valence-electron chi connectivity index (χ2n) is 10.6. The van der Waals surface area contributed by atoms with Crippen molar-refractivity contribution in [2.24, 2.45) is 4.99 Å². The summed E-state index contributed by atoms with van der Waals surface area (Å²) in [6.45, 7) is 4.15. The number of rotatable bonds is 14. The Hall–Kier alpha value is -4.55. The number of hydrogen-bond acceptors (Lipinski definition) is 7. The lowest BCUT2D eigenvalue weighted by molar-refractivity contribution is -0.197. The average Bonchev–Trinajstić information content (AvgIpc) is 3.65. The van der Waals surface area contributed by atoms with E-state index in [1.54, 1.807) is 49.6 Å². The first kappa shape index (κ1) is 32.4. The molecule has 1 saturated heterocycles. The number of nitrogens with zero attached hydrogens (tertiary/aromatic N) is 3. The first-order valence-electron chi connectivity index (χ1n) is 14.5. The number of carbonyl (C=O) groups excluding carboxylic acids is 4. The van der Waals surface area contributed by atoms with Gasteiger partial charge in [-0.05, 0) is 92.3 Å². The summed E-state index contributed by atoms with van der Waals surface area (Å²) in [5.74, 6) is -1.15. The number of hydroxylamine groups is 2. The number of allylic oxidation sites excluding steroid dienone is 2. The number of carbonyl (C=O) groups is 4. The quantitative estimate of drug-likeness (QED) is 0.181. The normalized spacial score (nSPS) is 15.7. The maximum Gasteiger partial charge on any atom is 0.678 e. The van der Waals surface area contributed by atoms with E-state index in [0.29, 0.717) is 65.7 Å². The predicted octanol–water partition coefficient (Wildman–Crippen LogP) is 5.13. The van der Waals surface area contributed by atoms with Crippen LogP contribution in [0.2, 0.25) is 0 Å². The second-order valence-corrected chi connectivity index (χ2v) is 10.6. The maximum absolute atomic E-state index is 14.2. The Bertz CT molecular complexity index is 1500. The lowest BCUT2D eigenvalue weighted by atomic mass is 10.0. The summed E-state index contributed by atoms with van der Waals surface area (Å²) in [7, 11) is -1.21. The van der Waals surface area contributed by atoms with E-state index < -0.39 is 25.2 Å². The van der Waals surface area contributed by atoms with Crippen molar-refractivity contribution in [3.63, 3.8) is 0 Å². The molecular weight excluding hydrogens is 573 g/mol. The van der Waals surface area contributed by atoms with Crippen molar-refractivity contribution < 1.29 is 37.4 Å². The Balaban J connectivity index is 1.25. The van der Waals surface area contributed by atoms with Crippen molar-refractivity contribution in [1.82, 2.24) is 14.9 Å². The zero-order valence-corrected chi connectivity index (χ0v) is 25.0. The third-order valence-electron chi connectivity index (χ3n) is 7.56. The van der Waals surface area contributed by atoms with Gasteiger partial charge in [0.1, 0.15) is 5.75 Å². The number of amides is 3. The van der Waals surface area contributed by atoms with Crippen LogP contribution in [0.5, 0.6) is 5.75 Å².